The van der Waals surface area contributed by atoms with Crippen LogP contribution in [0, 0.1) is 0 Å². The van der Waals surface area contributed by atoms with E-state index in [0.717, 1.165) is 5.75 Å². The highest BCUT2D eigenvalue weighted by atomic mass is 32.2. The molecule has 0 aromatic rings. The van der Waals surface area contributed by atoms with Crippen LogP contribution in [0.3, 0.4) is 0 Å². The van der Waals surface area contributed by atoms with Crippen LogP contribution in [0.25, 0.3) is 0 Å². The number of rotatable bonds is 5. The molecule has 0 aliphatic carbocycles. The molecule has 0 saturated heterocycles. The van der Waals surface area contributed by atoms with E-state index in [0.29, 0.717) is 17.3 Å². The molecule has 80 valence electrons. The van der Waals surface area contributed by atoms with Gasteiger partial charge in [-0.2, -0.15) is 11.8 Å². The van der Waals surface area contributed by atoms with E-state index >= 15 is 0 Å². The van der Waals surface area contributed by atoms with E-state index in [2.05, 4.69) is 33.0 Å². The van der Waals surface area contributed by atoms with Crippen molar-refractivity contribution in [3.05, 3.63) is 0 Å². The molecule has 2 N–H and O–H groups in total. The van der Waals surface area contributed by atoms with Gasteiger partial charge in [-0.1, -0.05) is 20.8 Å². The predicted octanol–water partition coefficient (Wildman–Crippen LogP) is 1.88. The zero-order valence-electron chi connectivity index (χ0n) is 9.42. The minimum atomic E-state index is -0.248. The van der Waals surface area contributed by atoms with E-state index < -0.39 is 0 Å². The van der Waals surface area contributed by atoms with E-state index in [9.17, 15) is 0 Å². The number of aliphatic hydroxyl groups is 1. The molecular weight excluding hydrogens is 182 g/mol. The summed E-state index contributed by atoms with van der Waals surface area (Å²) in [5.74, 6) is 1.09. The van der Waals surface area contributed by atoms with Gasteiger partial charge in [-0.15, -0.1) is 0 Å². The lowest BCUT2D eigenvalue weighted by Crippen LogP contribution is -2.34. The summed E-state index contributed by atoms with van der Waals surface area (Å²) in [5, 5.41) is 12.3. The third-order valence-electron chi connectivity index (χ3n) is 1.53. The molecule has 2 unspecified atom stereocenters. The quantitative estimate of drug-likeness (QED) is 0.719. The third-order valence-corrected chi connectivity index (χ3v) is 3.06. The predicted molar refractivity (Wildman–Crippen MR) is 61.4 cm³/mol. The van der Waals surface area contributed by atoms with Gasteiger partial charge in [0.05, 0.1) is 6.10 Å². The minimum absolute atomic E-state index is 0.248. The zero-order chi connectivity index (χ0) is 10.5. The Morgan fingerprint density at radius 3 is 2.23 bits per heavy atom. The molecule has 0 amide bonds. The minimum Gasteiger partial charge on any atom is -0.392 e. The average Bonchev–Trinajstić information content (AvgIpc) is 1.95. The summed E-state index contributed by atoms with van der Waals surface area (Å²) in [6.45, 7) is 11.3. The second kappa shape index (κ2) is 5.89. The Morgan fingerprint density at radius 2 is 1.85 bits per heavy atom. The monoisotopic (exact) mass is 205 g/mol. The standard InChI is InChI=1S/C10H23NOS/c1-8(11-6-9(2)12)7-13-10(3,4)5/h8-9,11-12H,6-7H2,1-5H3. The fourth-order valence-electron chi connectivity index (χ4n) is 0.806. The van der Waals surface area contributed by atoms with Crippen molar-refractivity contribution in [3.8, 4) is 0 Å². The second-order valence-electron chi connectivity index (χ2n) is 4.58. The second-order valence-corrected chi connectivity index (χ2v) is 6.43. The Kier molecular flexibility index (Phi) is 6.01. The molecule has 0 radical (unpaired) electrons. The molecule has 0 aliphatic rings. The molecular formula is C10H23NOS. The average molecular weight is 205 g/mol. The number of thioether (sulfide) groups is 1. The van der Waals surface area contributed by atoms with Crippen LogP contribution in [0.4, 0.5) is 0 Å². The fraction of sp³-hybridized carbons (Fsp3) is 1.00. The molecule has 0 rings (SSSR count). The Balaban J connectivity index is 3.46. The van der Waals surface area contributed by atoms with Crippen LogP contribution < -0.4 is 5.32 Å². The first kappa shape index (κ1) is 13.3. The molecule has 0 bridgehead atoms. The summed E-state index contributed by atoms with van der Waals surface area (Å²) in [6, 6.07) is 0.471. The van der Waals surface area contributed by atoms with Gasteiger partial charge in [-0.3, -0.25) is 0 Å². The van der Waals surface area contributed by atoms with Gasteiger partial charge in [0.1, 0.15) is 0 Å². The molecule has 0 fully saturated rings. The summed E-state index contributed by atoms with van der Waals surface area (Å²) in [7, 11) is 0. The molecule has 13 heavy (non-hydrogen) atoms. The molecule has 2 nitrogen and oxygen atoms in total. The summed E-state index contributed by atoms with van der Waals surface area (Å²) >= 11 is 1.95. The molecule has 0 spiro atoms. The lowest BCUT2D eigenvalue weighted by atomic mass is 10.3. The lowest BCUT2D eigenvalue weighted by molar-refractivity contribution is 0.188. The van der Waals surface area contributed by atoms with Crippen LogP contribution in [0.1, 0.15) is 34.6 Å². The Bertz CT molecular complexity index is 131. The van der Waals surface area contributed by atoms with Gasteiger partial charge in [0.2, 0.25) is 0 Å². The maximum atomic E-state index is 9.06. The first-order chi connectivity index (χ1) is 5.81. The summed E-state index contributed by atoms with van der Waals surface area (Å²) in [4.78, 5) is 0. The molecule has 0 saturated carbocycles. The first-order valence-electron chi connectivity index (χ1n) is 4.86. The maximum absolute atomic E-state index is 9.06. The van der Waals surface area contributed by atoms with Gasteiger partial charge in [-0.25, -0.2) is 0 Å². The van der Waals surface area contributed by atoms with Gasteiger partial charge >= 0.3 is 0 Å². The van der Waals surface area contributed by atoms with Crippen LogP contribution in [0.2, 0.25) is 0 Å². The molecule has 2 atom stereocenters. The third kappa shape index (κ3) is 10.2. The van der Waals surface area contributed by atoms with E-state index in [4.69, 9.17) is 5.11 Å². The van der Waals surface area contributed by atoms with E-state index in [-0.39, 0.29) is 6.10 Å². The van der Waals surface area contributed by atoms with E-state index in [1.165, 1.54) is 0 Å². The number of hydrogen-bond donors (Lipinski definition) is 2. The highest BCUT2D eigenvalue weighted by molar-refractivity contribution is 8.00. The number of aliphatic hydroxyl groups excluding tert-OH is 1. The van der Waals surface area contributed by atoms with E-state index in [1.54, 1.807) is 6.92 Å². The maximum Gasteiger partial charge on any atom is 0.0636 e. The van der Waals surface area contributed by atoms with Crippen molar-refractivity contribution >= 4 is 11.8 Å². The number of nitrogens with one attached hydrogen (secondary N) is 1. The smallest absolute Gasteiger partial charge is 0.0636 e. The summed E-state index contributed by atoms with van der Waals surface area (Å²) in [6.07, 6.45) is -0.248. The normalized spacial score (nSPS) is 17.1. The van der Waals surface area contributed by atoms with Crippen molar-refractivity contribution in [2.75, 3.05) is 12.3 Å². The van der Waals surface area contributed by atoms with Gasteiger partial charge in [0, 0.05) is 23.1 Å². The fourth-order valence-corrected chi connectivity index (χ4v) is 1.67. The molecule has 3 heteroatoms. The van der Waals surface area contributed by atoms with Crippen molar-refractivity contribution in [2.24, 2.45) is 0 Å². The van der Waals surface area contributed by atoms with Gasteiger partial charge in [-0.05, 0) is 13.8 Å². The zero-order valence-corrected chi connectivity index (χ0v) is 10.2. The van der Waals surface area contributed by atoms with Crippen molar-refractivity contribution in [1.29, 1.82) is 0 Å². The van der Waals surface area contributed by atoms with Crippen molar-refractivity contribution in [3.63, 3.8) is 0 Å². The largest absolute Gasteiger partial charge is 0.392 e. The Labute approximate surface area is 86.5 Å². The van der Waals surface area contributed by atoms with Crippen LogP contribution in [0.5, 0.6) is 0 Å². The molecule has 0 aromatic heterocycles. The first-order valence-corrected chi connectivity index (χ1v) is 5.85. The SMILES string of the molecule is CC(O)CNC(C)CSC(C)(C)C. The van der Waals surface area contributed by atoms with E-state index in [1.807, 2.05) is 11.8 Å². The summed E-state index contributed by atoms with van der Waals surface area (Å²) in [5.41, 5.74) is 0. The van der Waals surface area contributed by atoms with Gasteiger partial charge in [0.25, 0.3) is 0 Å². The highest BCUT2D eigenvalue weighted by Gasteiger charge is 2.12. The highest BCUT2D eigenvalue weighted by Crippen LogP contribution is 2.23. The molecule has 0 aromatic carbocycles. The summed E-state index contributed by atoms with van der Waals surface area (Å²) < 4.78 is 0.334. The number of hydrogen-bond acceptors (Lipinski definition) is 3. The molecule has 0 heterocycles. The lowest BCUT2D eigenvalue weighted by Gasteiger charge is -2.21. The van der Waals surface area contributed by atoms with Crippen molar-refractivity contribution < 1.29 is 5.11 Å². The van der Waals surface area contributed by atoms with Crippen LogP contribution in [0.15, 0.2) is 0 Å². The van der Waals surface area contributed by atoms with Crippen LogP contribution >= 0.6 is 11.8 Å². The van der Waals surface area contributed by atoms with Gasteiger partial charge in [0.15, 0.2) is 0 Å². The van der Waals surface area contributed by atoms with Crippen LogP contribution in [-0.4, -0.2) is 34.3 Å². The van der Waals surface area contributed by atoms with Gasteiger partial charge < -0.3 is 10.4 Å². The van der Waals surface area contributed by atoms with Crippen molar-refractivity contribution in [2.45, 2.75) is 51.5 Å². The Hall–Kier alpha value is 0.270. The van der Waals surface area contributed by atoms with Crippen LogP contribution in [-0.2, 0) is 0 Å². The van der Waals surface area contributed by atoms with Crippen molar-refractivity contribution in [1.82, 2.24) is 5.32 Å². The Morgan fingerprint density at radius 1 is 1.31 bits per heavy atom. The molecule has 0 aliphatic heterocycles. The topological polar surface area (TPSA) is 32.3 Å².